The second-order valence-electron chi connectivity index (χ2n) is 13.6. The Balaban J connectivity index is 0.000000210. The minimum absolute atomic E-state index is 0.00297. The molecule has 322 valence electrons. The molecule has 0 bridgehead atoms. The van der Waals surface area contributed by atoms with Crippen LogP contribution in [0.15, 0.2) is 130 Å². The van der Waals surface area contributed by atoms with Crippen molar-refractivity contribution >= 4 is 31.4 Å². The molecule has 2 aromatic heterocycles. The number of aliphatic hydroxyl groups is 1. The van der Waals surface area contributed by atoms with Crippen molar-refractivity contribution in [3.8, 4) is 22.9 Å². The fourth-order valence-corrected chi connectivity index (χ4v) is 8.81. The molecule has 0 spiro atoms. The van der Waals surface area contributed by atoms with Gasteiger partial charge in [-0.15, -0.1) is 20.4 Å². The van der Waals surface area contributed by atoms with Gasteiger partial charge in [-0.3, -0.25) is 13.5 Å². The van der Waals surface area contributed by atoms with E-state index in [-0.39, 0.29) is 43.3 Å². The predicted molar refractivity (Wildman–Crippen MR) is 219 cm³/mol. The lowest BCUT2D eigenvalue weighted by Crippen LogP contribution is -2.40. The molecular formula is C41H41F4N7O7S2. The normalized spacial score (nSPS) is 14.5. The van der Waals surface area contributed by atoms with Gasteiger partial charge in [0.15, 0.2) is 0 Å². The van der Waals surface area contributed by atoms with Gasteiger partial charge in [0.2, 0.25) is 21.8 Å². The summed E-state index contributed by atoms with van der Waals surface area (Å²) in [6.07, 6.45) is -3.88. The van der Waals surface area contributed by atoms with Crippen LogP contribution in [0.1, 0.15) is 48.6 Å². The molecule has 0 aliphatic carbocycles. The zero-order chi connectivity index (χ0) is 43.6. The van der Waals surface area contributed by atoms with Crippen LogP contribution in [0.4, 0.5) is 28.9 Å². The van der Waals surface area contributed by atoms with E-state index in [0.29, 0.717) is 40.2 Å². The average molecular weight is 884 g/mol. The molecule has 0 radical (unpaired) electrons. The van der Waals surface area contributed by atoms with Gasteiger partial charge < -0.3 is 13.9 Å². The lowest BCUT2D eigenvalue weighted by atomic mass is 10.1. The molecule has 1 atom stereocenters. The number of aromatic nitrogens is 4. The molecule has 1 saturated heterocycles. The summed E-state index contributed by atoms with van der Waals surface area (Å²) < 4.78 is 114. The van der Waals surface area contributed by atoms with Crippen LogP contribution >= 0.6 is 0 Å². The van der Waals surface area contributed by atoms with Crippen LogP contribution < -0.4 is 8.61 Å². The minimum Gasteiger partial charge on any atom is -0.415 e. The predicted octanol–water partition coefficient (Wildman–Crippen LogP) is 7.62. The van der Waals surface area contributed by atoms with E-state index in [1.807, 2.05) is 11.0 Å². The quantitative estimate of drug-likeness (QED) is 0.0889. The van der Waals surface area contributed by atoms with Gasteiger partial charge >= 0.3 is 12.9 Å². The van der Waals surface area contributed by atoms with Crippen molar-refractivity contribution in [2.24, 2.45) is 0 Å². The molecule has 1 aliphatic heterocycles. The van der Waals surface area contributed by atoms with Crippen LogP contribution in [-0.2, 0) is 33.1 Å². The fraction of sp³-hybridized carbons (Fsp3) is 0.268. The molecule has 6 aromatic rings. The van der Waals surface area contributed by atoms with E-state index >= 15 is 0 Å². The van der Waals surface area contributed by atoms with Crippen molar-refractivity contribution in [2.75, 3.05) is 34.1 Å². The number of alkyl halides is 4. The summed E-state index contributed by atoms with van der Waals surface area (Å²) >= 11 is 0. The van der Waals surface area contributed by atoms with Crippen molar-refractivity contribution in [3.05, 3.63) is 144 Å². The number of benzene rings is 4. The van der Waals surface area contributed by atoms with Gasteiger partial charge in [-0.05, 0) is 79.0 Å². The highest BCUT2D eigenvalue weighted by Gasteiger charge is 2.29. The maximum absolute atomic E-state index is 13.4. The second-order valence-corrected chi connectivity index (χ2v) is 17.4. The molecule has 7 rings (SSSR count). The lowest BCUT2D eigenvalue weighted by Gasteiger charge is -2.27. The smallest absolute Gasteiger partial charge is 0.314 e. The van der Waals surface area contributed by atoms with Crippen LogP contribution in [0, 0.1) is 0 Å². The highest BCUT2D eigenvalue weighted by molar-refractivity contribution is 7.95. The molecule has 1 fully saturated rings. The number of hydrogen-bond donors (Lipinski definition) is 1. The van der Waals surface area contributed by atoms with Crippen LogP contribution in [0.5, 0.6) is 0 Å². The number of likely N-dealkylation sites (tertiary alicyclic amines) is 1. The van der Waals surface area contributed by atoms with Gasteiger partial charge in [0, 0.05) is 29.1 Å². The first-order valence-corrected chi connectivity index (χ1v) is 21.9. The van der Waals surface area contributed by atoms with Crippen molar-refractivity contribution in [3.63, 3.8) is 0 Å². The van der Waals surface area contributed by atoms with Crippen molar-refractivity contribution < 1.29 is 48.3 Å². The van der Waals surface area contributed by atoms with Crippen LogP contribution in [0.25, 0.3) is 22.9 Å². The molecule has 4 aromatic carbocycles. The molecular weight excluding hydrogens is 843 g/mol. The Hall–Kier alpha value is -5.96. The van der Waals surface area contributed by atoms with Gasteiger partial charge in [0.25, 0.3) is 21.8 Å². The summed E-state index contributed by atoms with van der Waals surface area (Å²) in [5.74, 6) is -1.63. The van der Waals surface area contributed by atoms with E-state index in [2.05, 4.69) is 27.0 Å². The molecule has 1 N–H and O–H groups in total. The third-order valence-corrected chi connectivity index (χ3v) is 12.7. The molecule has 3 heterocycles. The van der Waals surface area contributed by atoms with Crippen LogP contribution in [-0.4, -0.2) is 78.7 Å². The monoisotopic (exact) mass is 883 g/mol. The van der Waals surface area contributed by atoms with Gasteiger partial charge in [-0.1, -0.05) is 67.2 Å². The summed E-state index contributed by atoms with van der Waals surface area (Å²) in [6.45, 7) is 4.69. The van der Waals surface area contributed by atoms with Gasteiger partial charge in [-0.25, -0.2) is 16.8 Å². The summed E-state index contributed by atoms with van der Waals surface area (Å²) in [4.78, 5) is 2.02. The summed E-state index contributed by atoms with van der Waals surface area (Å²) in [6, 6.07) is 30.7. The molecule has 0 unspecified atom stereocenters. The summed E-state index contributed by atoms with van der Waals surface area (Å²) in [5.41, 5.74) is 3.35. The summed E-state index contributed by atoms with van der Waals surface area (Å²) in [5, 5.41) is 24.2. The number of aliphatic hydroxyl groups excluding tert-OH is 1. The Bertz CT molecular complexity index is 2550. The number of para-hydroxylation sites is 2. The van der Waals surface area contributed by atoms with Crippen molar-refractivity contribution in [1.82, 2.24) is 25.3 Å². The Morgan fingerprint density at radius 3 is 1.59 bits per heavy atom. The highest BCUT2D eigenvalue weighted by Crippen LogP contribution is 2.28. The fourth-order valence-electron chi connectivity index (χ4n) is 6.41. The first-order valence-electron chi connectivity index (χ1n) is 18.8. The van der Waals surface area contributed by atoms with E-state index in [1.54, 1.807) is 103 Å². The molecule has 14 nitrogen and oxygen atoms in total. The van der Waals surface area contributed by atoms with E-state index in [1.165, 1.54) is 8.61 Å². The van der Waals surface area contributed by atoms with Crippen LogP contribution in [0.2, 0.25) is 0 Å². The van der Waals surface area contributed by atoms with Crippen molar-refractivity contribution in [1.29, 1.82) is 0 Å². The SMILES string of the molecule is C=CS(=O)(=O)N(Cc1ccc(-c2nnc(C(F)F)o2)cc1)c1ccccc1.O=S(=O)(CCN1CCC[C@@H]1CO)N(Cc1ccc(-c2nnc(C(F)F)o2)cc1)c1ccccc1. The Labute approximate surface area is 349 Å². The van der Waals surface area contributed by atoms with E-state index in [0.717, 1.165) is 24.8 Å². The number of halogens is 4. The number of hydrogen-bond acceptors (Lipinski definition) is 12. The lowest BCUT2D eigenvalue weighted by molar-refractivity contribution is 0.115. The van der Waals surface area contributed by atoms with E-state index in [9.17, 15) is 39.5 Å². The zero-order valence-corrected chi connectivity index (χ0v) is 34.1. The zero-order valence-electron chi connectivity index (χ0n) is 32.4. The number of sulfonamides is 2. The Morgan fingerprint density at radius 2 is 1.16 bits per heavy atom. The Kier molecular flexibility index (Phi) is 14.7. The van der Waals surface area contributed by atoms with E-state index < -0.39 is 44.7 Å². The van der Waals surface area contributed by atoms with Gasteiger partial charge in [0.1, 0.15) is 0 Å². The molecule has 61 heavy (non-hydrogen) atoms. The largest absolute Gasteiger partial charge is 0.415 e. The van der Waals surface area contributed by atoms with Gasteiger partial charge in [-0.2, -0.15) is 17.6 Å². The number of rotatable bonds is 17. The maximum Gasteiger partial charge on any atom is 0.314 e. The van der Waals surface area contributed by atoms with E-state index in [4.69, 9.17) is 8.83 Å². The first kappa shape index (κ1) is 44.6. The number of anilines is 2. The third kappa shape index (κ3) is 11.5. The highest BCUT2D eigenvalue weighted by atomic mass is 32.2. The average Bonchev–Trinajstić information content (AvgIpc) is 4.08. The van der Waals surface area contributed by atoms with Crippen molar-refractivity contribution in [2.45, 2.75) is 44.8 Å². The third-order valence-electron chi connectivity index (χ3n) is 9.60. The molecule has 20 heteroatoms. The summed E-state index contributed by atoms with van der Waals surface area (Å²) in [7, 11) is -7.38. The number of nitrogens with zero attached hydrogens (tertiary/aromatic N) is 7. The topological polar surface area (TPSA) is 176 Å². The molecule has 0 amide bonds. The molecule has 1 aliphatic rings. The first-order chi connectivity index (χ1) is 29.3. The standard InChI is InChI=1S/C23H26F2N4O4S.C18H15F2N3O3S/c24-21(25)23-27-26-22(33-23)18-10-8-17(9-11-18)15-29(19-5-2-1-3-6-19)34(31,32)14-13-28-12-4-7-20(28)16-30;1-2-27(24,25)23(15-6-4-3-5-7-15)12-13-8-10-14(11-9-13)17-21-22-18(26-17)16(19)20/h1-3,5-6,8-11,20-21,30H,4,7,12-16H2;2-11,16H,1,12H2/t20-;/m1./s1. The molecule has 0 saturated carbocycles. The second kappa shape index (κ2) is 20.1. The van der Waals surface area contributed by atoms with Crippen LogP contribution in [0.3, 0.4) is 0 Å². The van der Waals surface area contributed by atoms with Gasteiger partial charge in [0.05, 0.1) is 36.8 Å². The maximum atomic E-state index is 13.4. The minimum atomic E-state index is -3.71. The Morgan fingerprint density at radius 1 is 0.705 bits per heavy atom.